The maximum atomic E-state index is 5.10. The fourth-order valence-electron chi connectivity index (χ4n) is 6.62. The third-order valence-electron chi connectivity index (χ3n) is 8.63. The van der Waals surface area contributed by atoms with Gasteiger partial charge in [0.2, 0.25) is 0 Å². The van der Waals surface area contributed by atoms with E-state index in [0.29, 0.717) is 17.5 Å². The molecule has 2 aromatic heterocycles. The van der Waals surface area contributed by atoms with E-state index in [-0.39, 0.29) is 0 Å². The van der Waals surface area contributed by atoms with Crippen molar-refractivity contribution in [2.75, 3.05) is 0 Å². The van der Waals surface area contributed by atoms with E-state index in [1.165, 1.54) is 21.5 Å². The molecule has 9 aromatic rings. The second kappa shape index (κ2) is 10.2. The van der Waals surface area contributed by atoms with Crippen molar-refractivity contribution in [1.82, 2.24) is 19.5 Å². The Kier molecular flexibility index (Phi) is 5.78. The molecule has 4 heteroatoms. The Morgan fingerprint density at radius 2 is 0.911 bits per heavy atom. The summed E-state index contributed by atoms with van der Waals surface area (Å²) in [4.78, 5) is 15.1. The number of benzene rings is 7. The van der Waals surface area contributed by atoms with Gasteiger partial charge in [0.25, 0.3) is 0 Å². The Bertz CT molecular complexity index is 2470. The highest BCUT2D eigenvalue weighted by Gasteiger charge is 2.20. The lowest BCUT2D eigenvalue weighted by Gasteiger charge is -2.14. The largest absolute Gasteiger partial charge is 0.309 e. The van der Waals surface area contributed by atoms with Crippen molar-refractivity contribution in [3.05, 3.63) is 158 Å². The molecule has 0 aliphatic rings. The molecule has 0 N–H and O–H groups in total. The normalized spacial score (nSPS) is 11.6. The number of para-hydroxylation sites is 1. The molecule has 0 amide bonds. The van der Waals surface area contributed by atoms with E-state index < -0.39 is 0 Å². The number of fused-ring (bicyclic) bond motifs is 6. The zero-order chi connectivity index (χ0) is 29.7. The van der Waals surface area contributed by atoms with Gasteiger partial charge < -0.3 is 4.57 Å². The van der Waals surface area contributed by atoms with Crippen LogP contribution in [0.5, 0.6) is 0 Å². The Morgan fingerprint density at radius 1 is 0.356 bits per heavy atom. The first-order valence-corrected chi connectivity index (χ1v) is 15.1. The number of nitrogens with zero attached hydrogens (tertiary/aromatic N) is 4. The average Bonchev–Trinajstić information content (AvgIpc) is 3.46. The van der Waals surface area contributed by atoms with Gasteiger partial charge in [-0.3, -0.25) is 0 Å². The van der Waals surface area contributed by atoms with Crippen LogP contribution in [0.15, 0.2) is 158 Å². The zero-order valence-corrected chi connectivity index (χ0v) is 24.3. The van der Waals surface area contributed by atoms with Crippen molar-refractivity contribution in [2.24, 2.45) is 0 Å². The van der Waals surface area contributed by atoms with Gasteiger partial charge in [0, 0.05) is 32.8 Å². The molecule has 0 aliphatic carbocycles. The molecule has 0 unspecified atom stereocenters. The lowest BCUT2D eigenvalue weighted by Crippen LogP contribution is -2.00. The van der Waals surface area contributed by atoms with Crippen molar-refractivity contribution in [2.45, 2.75) is 0 Å². The number of hydrogen-bond donors (Lipinski definition) is 0. The molecule has 210 valence electrons. The van der Waals surface area contributed by atoms with Gasteiger partial charge in [-0.15, -0.1) is 0 Å². The first kappa shape index (κ1) is 25.4. The van der Waals surface area contributed by atoms with Crippen LogP contribution >= 0.6 is 0 Å². The Labute approximate surface area is 259 Å². The van der Waals surface area contributed by atoms with Gasteiger partial charge >= 0.3 is 0 Å². The minimum absolute atomic E-state index is 0.652. The summed E-state index contributed by atoms with van der Waals surface area (Å²) in [5.74, 6) is 1.96. The molecule has 0 fully saturated rings. The fraction of sp³-hybridized carbons (Fsp3) is 0. The Morgan fingerprint density at radius 3 is 1.67 bits per heavy atom. The van der Waals surface area contributed by atoms with Crippen LogP contribution in [-0.4, -0.2) is 19.5 Å². The molecule has 0 saturated heterocycles. The molecule has 9 rings (SSSR count). The van der Waals surface area contributed by atoms with E-state index in [1.54, 1.807) is 0 Å². The van der Waals surface area contributed by atoms with Crippen LogP contribution in [0.25, 0.3) is 83.2 Å². The summed E-state index contributed by atoms with van der Waals surface area (Å²) >= 11 is 0. The van der Waals surface area contributed by atoms with Crippen LogP contribution in [0, 0.1) is 0 Å². The monoisotopic (exact) mass is 574 g/mol. The van der Waals surface area contributed by atoms with Crippen LogP contribution in [0.4, 0.5) is 0 Å². The molecule has 0 aliphatic heterocycles. The molecule has 45 heavy (non-hydrogen) atoms. The van der Waals surface area contributed by atoms with E-state index in [9.17, 15) is 0 Å². The number of rotatable bonds is 4. The highest BCUT2D eigenvalue weighted by Crippen LogP contribution is 2.40. The van der Waals surface area contributed by atoms with Crippen LogP contribution in [-0.2, 0) is 0 Å². The smallest absolute Gasteiger partial charge is 0.164 e. The first-order valence-electron chi connectivity index (χ1n) is 15.1. The predicted molar refractivity (Wildman–Crippen MR) is 185 cm³/mol. The van der Waals surface area contributed by atoms with Crippen LogP contribution < -0.4 is 0 Å². The van der Waals surface area contributed by atoms with E-state index in [2.05, 4.69) is 102 Å². The van der Waals surface area contributed by atoms with Crippen molar-refractivity contribution in [3.63, 3.8) is 0 Å². The highest BCUT2D eigenvalue weighted by molar-refractivity contribution is 6.18. The van der Waals surface area contributed by atoms with Crippen LogP contribution in [0.1, 0.15) is 0 Å². The summed E-state index contributed by atoms with van der Waals surface area (Å²) in [7, 11) is 0. The number of hydrogen-bond acceptors (Lipinski definition) is 3. The molecule has 0 spiro atoms. The molecule has 4 nitrogen and oxygen atoms in total. The minimum atomic E-state index is 0.652. The first-order chi connectivity index (χ1) is 22.3. The van der Waals surface area contributed by atoms with Gasteiger partial charge in [-0.25, -0.2) is 15.0 Å². The van der Waals surface area contributed by atoms with Crippen LogP contribution in [0.3, 0.4) is 0 Å². The Balaban J connectivity index is 1.37. The number of aromatic nitrogens is 4. The molecule has 0 saturated carbocycles. The molecular weight excluding hydrogens is 548 g/mol. The van der Waals surface area contributed by atoms with Gasteiger partial charge in [0.15, 0.2) is 17.5 Å². The molecular formula is C41H26N4. The molecule has 0 bridgehead atoms. The van der Waals surface area contributed by atoms with E-state index in [4.69, 9.17) is 15.0 Å². The maximum absolute atomic E-state index is 5.10. The topological polar surface area (TPSA) is 43.6 Å². The summed E-state index contributed by atoms with van der Waals surface area (Å²) in [5, 5.41) is 7.20. The van der Waals surface area contributed by atoms with Gasteiger partial charge in [-0.05, 0) is 34.4 Å². The maximum Gasteiger partial charge on any atom is 0.164 e. The Hall–Kier alpha value is -6.13. The zero-order valence-electron chi connectivity index (χ0n) is 24.3. The molecule has 0 atom stereocenters. The van der Waals surface area contributed by atoms with Gasteiger partial charge in [-0.1, -0.05) is 140 Å². The van der Waals surface area contributed by atoms with E-state index in [1.807, 2.05) is 60.7 Å². The standard InChI is InChI=1S/C41H26N4/c1-3-14-29(15-4-1)39-42-40(30-16-5-2-6-17-30)44-41(43-39)33-21-12-24-36-38(33)32-20-9-10-22-34(32)45(36)35-23-11-18-28-26-25-27-13-7-8-19-31(27)37(28)35/h1-26H. The van der Waals surface area contributed by atoms with Crippen LogP contribution in [0.2, 0.25) is 0 Å². The third-order valence-corrected chi connectivity index (χ3v) is 8.63. The van der Waals surface area contributed by atoms with Crippen molar-refractivity contribution >= 4 is 43.4 Å². The van der Waals surface area contributed by atoms with Crippen molar-refractivity contribution < 1.29 is 0 Å². The van der Waals surface area contributed by atoms with Crippen molar-refractivity contribution in [3.8, 4) is 39.9 Å². The lowest BCUT2D eigenvalue weighted by molar-refractivity contribution is 1.08. The second-order valence-corrected chi connectivity index (χ2v) is 11.3. The quantitative estimate of drug-likeness (QED) is 0.196. The minimum Gasteiger partial charge on any atom is -0.309 e. The lowest BCUT2D eigenvalue weighted by atomic mass is 10.0. The summed E-state index contributed by atoms with van der Waals surface area (Å²) < 4.78 is 2.40. The molecule has 7 aromatic carbocycles. The SMILES string of the molecule is c1ccc(-c2nc(-c3ccccc3)nc(-c3cccc4c3c3ccccc3n4-c3cccc4ccc5ccccc5c34)n2)cc1. The summed E-state index contributed by atoms with van der Waals surface area (Å²) in [6, 6.07) is 55.0. The highest BCUT2D eigenvalue weighted by atomic mass is 15.0. The average molecular weight is 575 g/mol. The fourth-order valence-corrected chi connectivity index (χ4v) is 6.62. The molecule has 0 radical (unpaired) electrons. The molecule has 2 heterocycles. The van der Waals surface area contributed by atoms with Gasteiger partial charge in [0.05, 0.1) is 16.7 Å². The van der Waals surface area contributed by atoms with Crippen molar-refractivity contribution in [1.29, 1.82) is 0 Å². The van der Waals surface area contributed by atoms with E-state index >= 15 is 0 Å². The van der Waals surface area contributed by atoms with Gasteiger partial charge in [0.1, 0.15) is 0 Å². The summed E-state index contributed by atoms with van der Waals surface area (Å²) in [5.41, 5.74) is 6.28. The summed E-state index contributed by atoms with van der Waals surface area (Å²) in [6.07, 6.45) is 0. The van der Waals surface area contributed by atoms with Gasteiger partial charge in [-0.2, -0.15) is 0 Å². The second-order valence-electron chi connectivity index (χ2n) is 11.3. The third kappa shape index (κ3) is 4.11. The van der Waals surface area contributed by atoms with E-state index in [0.717, 1.165) is 44.2 Å². The predicted octanol–water partition coefficient (Wildman–Crippen LogP) is 10.3. The summed E-state index contributed by atoms with van der Waals surface area (Å²) in [6.45, 7) is 0.